The van der Waals surface area contributed by atoms with Gasteiger partial charge in [0.1, 0.15) is 5.82 Å². The van der Waals surface area contributed by atoms with E-state index in [4.69, 9.17) is 9.72 Å². The Kier molecular flexibility index (Phi) is 10.8. The van der Waals surface area contributed by atoms with Gasteiger partial charge in [-0.2, -0.15) is 12.7 Å². The van der Waals surface area contributed by atoms with E-state index in [0.29, 0.717) is 11.5 Å². The molecule has 5 aromatic heterocycles. The fourth-order valence-electron chi connectivity index (χ4n) is 11.6. The van der Waals surface area contributed by atoms with E-state index < -0.39 is 0 Å². The number of pyridine rings is 2. The monoisotopic (exact) mass is 1160 g/mol. The van der Waals surface area contributed by atoms with Gasteiger partial charge < -0.3 is 28.2 Å². The van der Waals surface area contributed by atoms with Crippen molar-refractivity contribution < 1.29 is 25.8 Å². The van der Waals surface area contributed by atoms with E-state index in [9.17, 15) is 0 Å². The molecule has 0 bridgehead atoms. The van der Waals surface area contributed by atoms with E-state index in [1.165, 1.54) is 21.5 Å². The largest absolute Gasteiger partial charge is 0.509 e. The fourth-order valence-corrected chi connectivity index (χ4v) is 11.6. The van der Waals surface area contributed by atoms with E-state index in [2.05, 4.69) is 249 Å². The topological polar surface area (TPSA) is 56.3 Å². The van der Waals surface area contributed by atoms with Crippen molar-refractivity contribution in [2.75, 3.05) is 16.8 Å². The number of ether oxygens (including phenoxy) is 1. The van der Waals surface area contributed by atoms with E-state index in [1.54, 1.807) is 0 Å². The molecule has 9 heteroatoms. The summed E-state index contributed by atoms with van der Waals surface area (Å²) in [6.45, 7) is 4.30. The first-order valence-electron chi connectivity index (χ1n) is 25.2. The summed E-state index contributed by atoms with van der Waals surface area (Å²) in [4.78, 5) is 14.0. The van der Waals surface area contributed by atoms with Crippen molar-refractivity contribution in [3.63, 3.8) is 0 Å². The molecule has 0 aliphatic carbocycles. The molecule has 1 aliphatic heterocycles. The van der Waals surface area contributed by atoms with Gasteiger partial charge in [0.15, 0.2) is 0 Å². The molecule has 0 saturated carbocycles. The Hall–Kier alpha value is -9.23. The molecule has 1 aliphatic rings. The summed E-state index contributed by atoms with van der Waals surface area (Å²) >= 11 is 0. The average molecular weight is 1160 g/mol. The first-order valence-corrected chi connectivity index (χ1v) is 25.2. The van der Waals surface area contributed by atoms with Gasteiger partial charge in [0.2, 0.25) is 0 Å². The molecule has 76 heavy (non-hydrogen) atoms. The average Bonchev–Trinajstić information content (AvgIpc) is 4.20. The molecule has 0 unspecified atom stereocenters. The molecule has 0 saturated heterocycles. The number of nitrogens with zero attached hydrogens (tertiary/aromatic N) is 7. The molecule has 0 amide bonds. The zero-order chi connectivity index (χ0) is 49.7. The van der Waals surface area contributed by atoms with Crippen LogP contribution >= 0.6 is 0 Å². The molecule has 6 heterocycles. The number of para-hydroxylation sites is 7. The van der Waals surface area contributed by atoms with Crippen LogP contribution < -0.4 is 14.5 Å². The van der Waals surface area contributed by atoms with Crippen molar-refractivity contribution in [1.82, 2.24) is 23.7 Å². The maximum Gasteiger partial charge on any atom is 0.135 e. The molecule has 0 N–H and O–H groups in total. The minimum atomic E-state index is 0. The summed E-state index contributed by atoms with van der Waals surface area (Å²) in [6.07, 6.45) is 5.70. The van der Waals surface area contributed by atoms with Gasteiger partial charge in [0.05, 0.1) is 33.4 Å². The van der Waals surface area contributed by atoms with Crippen molar-refractivity contribution in [2.24, 2.45) is 0 Å². The molecular weight excluding hydrogens is 1110 g/mol. The number of benzene rings is 9. The third kappa shape index (κ3) is 7.09. The predicted molar refractivity (Wildman–Crippen MR) is 306 cm³/mol. The zero-order valence-electron chi connectivity index (χ0n) is 41.3. The number of anilines is 3. The second-order valence-electron chi connectivity index (χ2n) is 19.2. The Bertz CT molecular complexity index is 4370. The van der Waals surface area contributed by atoms with Crippen LogP contribution in [0.15, 0.2) is 225 Å². The standard InChI is InChI=1S/C67H44N7O.Pt/c1-43-36-66(69-41-55(43)67-63(72-56-21-8-3-16-49(56)50-17-4-9-22-57(50)72)28-15-29-64(67)73-58-23-10-5-18-51(58)52-19-6-11-24-59(52)73)74-60-25-12-7-20-53(60)54-31-30-47(40-65(54)74)75-48-38-45(44-32-34-68-35-33-44)37-46(39-48)71-42-70(2)61-26-13-14-27-62(61)71;/h3-38,41-42H,1-2H3;/q-3;. The quantitative estimate of drug-likeness (QED) is 0.142. The Morgan fingerprint density at radius 2 is 0.974 bits per heavy atom. The molecular formula is C67H44N7OPt-3. The van der Waals surface area contributed by atoms with Gasteiger partial charge in [0, 0.05) is 101 Å². The number of hydrogen-bond acceptors (Lipinski definition) is 5. The molecule has 366 valence electrons. The van der Waals surface area contributed by atoms with Crippen LogP contribution in [0.5, 0.6) is 11.5 Å². The smallest absolute Gasteiger partial charge is 0.135 e. The molecule has 8 nitrogen and oxygen atoms in total. The van der Waals surface area contributed by atoms with Crippen LogP contribution in [0.25, 0.3) is 105 Å². The first kappa shape index (κ1) is 45.4. The predicted octanol–water partition coefficient (Wildman–Crippen LogP) is 16.5. The molecule has 0 spiro atoms. The third-order valence-electron chi connectivity index (χ3n) is 14.9. The van der Waals surface area contributed by atoms with Crippen molar-refractivity contribution in [2.45, 2.75) is 6.92 Å². The zero-order valence-corrected chi connectivity index (χ0v) is 43.6. The Balaban J connectivity index is 0.00000528. The van der Waals surface area contributed by atoms with Crippen molar-refractivity contribution in [3.05, 3.63) is 249 Å². The van der Waals surface area contributed by atoms with E-state index in [0.717, 1.165) is 106 Å². The van der Waals surface area contributed by atoms with Crippen LogP contribution in [0, 0.1) is 25.7 Å². The Morgan fingerprint density at radius 1 is 0.461 bits per heavy atom. The number of aromatic nitrogens is 5. The minimum Gasteiger partial charge on any atom is -0.509 e. The molecule has 0 atom stereocenters. The summed E-state index contributed by atoms with van der Waals surface area (Å²) < 4.78 is 13.9. The van der Waals surface area contributed by atoms with Crippen molar-refractivity contribution >= 4 is 82.5 Å². The normalized spacial score (nSPS) is 12.4. The van der Waals surface area contributed by atoms with Crippen LogP contribution in [0.2, 0.25) is 0 Å². The number of hydrogen-bond donors (Lipinski definition) is 0. The molecule has 14 aromatic rings. The molecule has 0 fully saturated rings. The van der Waals surface area contributed by atoms with E-state index >= 15 is 0 Å². The van der Waals surface area contributed by atoms with Crippen molar-refractivity contribution in [3.8, 4) is 50.9 Å². The minimum absolute atomic E-state index is 0. The number of aryl methyl sites for hydroxylation is 1. The van der Waals surface area contributed by atoms with Gasteiger partial charge in [0.25, 0.3) is 0 Å². The maximum atomic E-state index is 6.85. The van der Waals surface area contributed by atoms with E-state index in [-0.39, 0.29) is 21.1 Å². The summed E-state index contributed by atoms with van der Waals surface area (Å²) in [5, 5.41) is 6.99. The van der Waals surface area contributed by atoms with Crippen LogP contribution in [-0.4, -0.2) is 30.7 Å². The summed E-state index contributed by atoms with van der Waals surface area (Å²) in [5.41, 5.74) is 16.8. The van der Waals surface area contributed by atoms with Gasteiger partial charge in [-0.3, -0.25) is 4.98 Å². The third-order valence-corrected chi connectivity index (χ3v) is 14.9. The van der Waals surface area contributed by atoms with Gasteiger partial charge >= 0.3 is 0 Å². The number of rotatable bonds is 8. The van der Waals surface area contributed by atoms with Gasteiger partial charge in [-0.25, -0.2) is 4.98 Å². The maximum absolute atomic E-state index is 6.85. The Morgan fingerprint density at radius 3 is 1.55 bits per heavy atom. The SMILES string of the molecule is Cc1cc(-n2c3[c-]c(Oc4[c-]c(N5[CH-]N(C)c6ccccc65)cc(-c5ccncc5)c4)ccc3c3ccccc32)ncc1-c1c(-n2c3ccccc3c3ccccc32)cccc1-n1c2ccccc2c2ccccc21.[Pt]. The Labute approximate surface area is 453 Å². The van der Waals surface area contributed by atoms with Gasteiger partial charge in [-0.05, 0) is 103 Å². The second kappa shape index (κ2) is 18.0. The molecule has 9 aromatic carbocycles. The van der Waals surface area contributed by atoms with E-state index in [1.807, 2.05) is 36.7 Å². The molecule has 0 radical (unpaired) electrons. The molecule has 15 rings (SSSR count). The number of fused-ring (bicyclic) bond motifs is 10. The first-order chi connectivity index (χ1) is 37.0. The van der Waals surface area contributed by atoms with Crippen molar-refractivity contribution in [1.29, 1.82) is 0 Å². The summed E-state index contributed by atoms with van der Waals surface area (Å²) in [5.74, 6) is 1.91. The van der Waals surface area contributed by atoms with Gasteiger partial charge in [-0.15, -0.1) is 47.0 Å². The van der Waals surface area contributed by atoms with Gasteiger partial charge in [-0.1, -0.05) is 115 Å². The van der Waals surface area contributed by atoms with Crippen LogP contribution in [-0.2, 0) is 21.1 Å². The van der Waals surface area contributed by atoms with Crippen LogP contribution in [0.3, 0.4) is 0 Å². The summed E-state index contributed by atoms with van der Waals surface area (Å²) in [7, 11) is 2.06. The van der Waals surface area contributed by atoms with Crippen LogP contribution in [0.4, 0.5) is 17.1 Å². The van der Waals surface area contributed by atoms with Crippen LogP contribution in [0.1, 0.15) is 5.56 Å². The second-order valence-corrected chi connectivity index (χ2v) is 19.2. The fraction of sp³-hybridized carbons (Fsp3) is 0.0299. The summed E-state index contributed by atoms with van der Waals surface area (Å²) in [6, 6.07) is 80.4.